The fourth-order valence-electron chi connectivity index (χ4n) is 4.22. The number of hydrogen-bond acceptors (Lipinski definition) is 4. The van der Waals surface area contributed by atoms with Gasteiger partial charge in [-0.3, -0.25) is 4.79 Å². The van der Waals surface area contributed by atoms with Crippen LogP contribution in [0.4, 0.5) is 0 Å². The van der Waals surface area contributed by atoms with Crippen molar-refractivity contribution in [1.82, 2.24) is 4.90 Å². The molecule has 1 fully saturated rings. The molecule has 1 atom stereocenters. The van der Waals surface area contributed by atoms with Crippen LogP contribution < -0.4 is 4.74 Å². The van der Waals surface area contributed by atoms with Gasteiger partial charge in [-0.1, -0.05) is 61.9 Å². The van der Waals surface area contributed by atoms with Crippen molar-refractivity contribution in [2.24, 2.45) is 0 Å². The molecule has 168 valence electrons. The summed E-state index contributed by atoms with van der Waals surface area (Å²) in [6.45, 7) is 3.07. The Hall–Kier alpha value is -2.86. The van der Waals surface area contributed by atoms with E-state index >= 15 is 0 Å². The number of unbranched alkanes of at least 4 members (excludes halogenated alkanes) is 1. The van der Waals surface area contributed by atoms with E-state index in [9.17, 15) is 13.2 Å². The number of hydrogen-bond donors (Lipinski definition) is 0. The lowest BCUT2D eigenvalue weighted by Gasteiger charge is -2.29. The van der Waals surface area contributed by atoms with Crippen LogP contribution in [0.15, 0.2) is 66.7 Å². The number of fused-ring (bicyclic) bond motifs is 1. The zero-order valence-electron chi connectivity index (χ0n) is 18.4. The van der Waals surface area contributed by atoms with Crippen molar-refractivity contribution in [3.63, 3.8) is 0 Å². The number of carbonyl (C=O) groups is 1. The Morgan fingerprint density at radius 3 is 2.62 bits per heavy atom. The van der Waals surface area contributed by atoms with Crippen LogP contribution in [0, 0.1) is 0 Å². The molecule has 1 amide bonds. The first-order valence-electron chi connectivity index (χ1n) is 11.2. The fraction of sp³-hybridized carbons (Fsp3) is 0.346. The van der Waals surface area contributed by atoms with Crippen LogP contribution in [0.1, 0.15) is 42.1 Å². The third-order valence-corrected chi connectivity index (χ3v) is 7.73. The van der Waals surface area contributed by atoms with Gasteiger partial charge in [0.15, 0.2) is 9.84 Å². The molecular formula is C26H29NO4S. The first-order valence-corrected chi connectivity index (χ1v) is 13.0. The van der Waals surface area contributed by atoms with Crippen molar-refractivity contribution in [2.75, 3.05) is 18.1 Å². The van der Waals surface area contributed by atoms with Crippen molar-refractivity contribution in [3.05, 3.63) is 77.9 Å². The summed E-state index contributed by atoms with van der Waals surface area (Å²) in [4.78, 5) is 15.4. The third kappa shape index (κ3) is 5.13. The van der Waals surface area contributed by atoms with E-state index in [2.05, 4.69) is 6.92 Å². The molecule has 1 aliphatic heterocycles. The molecule has 0 bridgehead atoms. The molecule has 5 nitrogen and oxygen atoms in total. The van der Waals surface area contributed by atoms with Crippen LogP contribution >= 0.6 is 0 Å². The largest absolute Gasteiger partial charge is 0.494 e. The van der Waals surface area contributed by atoms with E-state index in [4.69, 9.17) is 4.74 Å². The van der Waals surface area contributed by atoms with Gasteiger partial charge >= 0.3 is 0 Å². The lowest BCUT2D eigenvalue weighted by molar-refractivity contribution is 0.0681. The SMILES string of the molecule is CCCCOc1cccc(C(=O)N(Cc2cccc3ccccc23)[C@@H]2CCS(=O)(=O)C2)c1. The van der Waals surface area contributed by atoms with E-state index in [1.165, 1.54) is 0 Å². The minimum atomic E-state index is -3.13. The molecule has 1 heterocycles. The van der Waals surface area contributed by atoms with E-state index in [1.807, 2.05) is 54.6 Å². The van der Waals surface area contributed by atoms with Gasteiger partial charge in [-0.05, 0) is 47.4 Å². The Morgan fingerprint density at radius 1 is 1.06 bits per heavy atom. The Labute approximate surface area is 189 Å². The highest BCUT2D eigenvalue weighted by molar-refractivity contribution is 7.91. The van der Waals surface area contributed by atoms with Gasteiger partial charge in [-0.2, -0.15) is 0 Å². The number of amides is 1. The van der Waals surface area contributed by atoms with Gasteiger partial charge in [0.1, 0.15) is 5.75 Å². The van der Waals surface area contributed by atoms with Gasteiger partial charge in [-0.25, -0.2) is 8.42 Å². The zero-order chi connectivity index (χ0) is 22.6. The fourth-order valence-corrected chi connectivity index (χ4v) is 5.95. The molecular weight excluding hydrogens is 422 g/mol. The number of benzene rings is 3. The summed E-state index contributed by atoms with van der Waals surface area (Å²) in [5, 5.41) is 2.17. The van der Waals surface area contributed by atoms with Crippen molar-refractivity contribution in [2.45, 2.75) is 38.8 Å². The molecule has 1 aliphatic rings. The van der Waals surface area contributed by atoms with Crippen molar-refractivity contribution in [1.29, 1.82) is 0 Å². The summed E-state index contributed by atoms with van der Waals surface area (Å²) in [5.74, 6) is 0.627. The summed E-state index contributed by atoms with van der Waals surface area (Å²) in [5.41, 5.74) is 1.53. The maximum Gasteiger partial charge on any atom is 0.254 e. The normalized spacial score (nSPS) is 17.3. The monoisotopic (exact) mass is 451 g/mol. The zero-order valence-corrected chi connectivity index (χ0v) is 19.2. The molecule has 0 aromatic heterocycles. The van der Waals surface area contributed by atoms with Gasteiger partial charge in [-0.15, -0.1) is 0 Å². The van der Waals surface area contributed by atoms with Gasteiger partial charge in [0.25, 0.3) is 5.91 Å². The van der Waals surface area contributed by atoms with Crippen LogP contribution in [0.2, 0.25) is 0 Å². The first-order chi connectivity index (χ1) is 15.5. The average Bonchev–Trinajstić information content (AvgIpc) is 3.17. The number of sulfone groups is 1. The summed E-state index contributed by atoms with van der Waals surface area (Å²) in [7, 11) is -3.13. The molecule has 32 heavy (non-hydrogen) atoms. The second kappa shape index (κ2) is 9.74. The van der Waals surface area contributed by atoms with Crippen molar-refractivity contribution >= 4 is 26.5 Å². The Morgan fingerprint density at radius 2 is 1.84 bits per heavy atom. The topological polar surface area (TPSA) is 63.7 Å². The Bertz CT molecular complexity index is 1200. The quantitative estimate of drug-likeness (QED) is 0.460. The van der Waals surface area contributed by atoms with Crippen LogP contribution in [0.3, 0.4) is 0 Å². The Kier molecular flexibility index (Phi) is 6.80. The molecule has 1 saturated heterocycles. The summed E-state index contributed by atoms with van der Waals surface area (Å²) < 4.78 is 30.2. The average molecular weight is 452 g/mol. The van der Waals surface area contributed by atoms with Gasteiger partial charge < -0.3 is 9.64 Å². The molecule has 0 N–H and O–H groups in total. The molecule has 6 heteroatoms. The molecule has 4 rings (SSSR count). The number of nitrogens with zero attached hydrogens (tertiary/aromatic N) is 1. The summed E-state index contributed by atoms with van der Waals surface area (Å²) in [6.07, 6.45) is 2.45. The van der Waals surface area contributed by atoms with E-state index in [1.54, 1.807) is 17.0 Å². The maximum atomic E-state index is 13.6. The molecule has 3 aromatic carbocycles. The predicted octanol–water partition coefficient (Wildman–Crippen LogP) is 4.85. The van der Waals surface area contributed by atoms with E-state index < -0.39 is 9.84 Å². The molecule has 0 radical (unpaired) electrons. The van der Waals surface area contributed by atoms with Crippen molar-refractivity contribution < 1.29 is 17.9 Å². The number of carbonyl (C=O) groups excluding carboxylic acids is 1. The van der Waals surface area contributed by atoms with Crippen LogP contribution in [0.25, 0.3) is 10.8 Å². The maximum absolute atomic E-state index is 13.6. The number of ether oxygens (including phenoxy) is 1. The van der Waals surface area contributed by atoms with Crippen LogP contribution in [-0.2, 0) is 16.4 Å². The Balaban J connectivity index is 1.65. The number of rotatable bonds is 8. The highest BCUT2D eigenvalue weighted by Crippen LogP contribution is 2.26. The molecule has 0 aliphatic carbocycles. The van der Waals surface area contributed by atoms with E-state index in [0.29, 0.717) is 30.9 Å². The first kappa shape index (κ1) is 22.3. The van der Waals surface area contributed by atoms with Crippen LogP contribution in [-0.4, -0.2) is 43.4 Å². The van der Waals surface area contributed by atoms with Gasteiger partial charge in [0, 0.05) is 18.2 Å². The van der Waals surface area contributed by atoms with Gasteiger partial charge in [0.2, 0.25) is 0 Å². The summed E-state index contributed by atoms with van der Waals surface area (Å²) in [6, 6.07) is 21.0. The van der Waals surface area contributed by atoms with E-state index in [0.717, 1.165) is 29.2 Å². The molecule has 0 saturated carbocycles. The highest BCUT2D eigenvalue weighted by atomic mass is 32.2. The lowest BCUT2D eigenvalue weighted by atomic mass is 10.0. The van der Waals surface area contributed by atoms with Crippen LogP contribution in [0.5, 0.6) is 5.75 Å². The molecule has 3 aromatic rings. The minimum Gasteiger partial charge on any atom is -0.494 e. The summed E-state index contributed by atoms with van der Waals surface area (Å²) >= 11 is 0. The minimum absolute atomic E-state index is 0.0101. The van der Waals surface area contributed by atoms with E-state index in [-0.39, 0.29) is 23.5 Å². The van der Waals surface area contributed by atoms with Gasteiger partial charge in [0.05, 0.1) is 18.1 Å². The second-order valence-corrected chi connectivity index (χ2v) is 10.6. The smallest absolute Gasteiger partial charge is 0.254 e. The second-order valence-electron chi connectivity index (χ2n) is 8.36. The highest BCUT2D eigenvalue weighted by Gasteiger charge is 2.35. The standard InChI is InChI=1S/C26H29NO4S/c1-2-3-15-31-24-12-7-10-21(17-24)26(28)27(23-14-16-32(29,30)19-23)18-22-11-6-9-20-8-4-5-13-25(20)22/h4-13,17,23H,2-3,14-16,18-19H2,1H3/t23-/m1/s1. The third-order valence-electron chi connectivity index (χ3n) is 5.98. The lowest BCUT2D eigenvalue weighted by Crippen LogP contribution is -2.40. The predicted molar refractivity (Wildman–Crippen MR) is 128 cm³/mol. The molecule has 0 unspecified atom stereocenters. The van der Waals surface area contributed by atoms with Crippen molar-refractivity contribution in [3.8, 4) is 5.75 Å². The molecule has 0 spiro atoms.